The third-order valence-corrected chi connectivity index (χ3v) is 1.48. The maximum Gasteiger partial charge on any atom is 0.287 e. The van der Waals surface area contributed by atoms with Crippen LogP contribution in [0.3, 0.4) is 0 Å². The van der Waals surface area contributed by atoms with E-state index in [-0.39, 0.29) is 11.3 Å². The van der Waals surface area contributed by atoms with Crippen molar-refractivity contribution in [1.29, 1.82) is 0 Å². The summed E-state index contributed by atoms with van der Waals surface area (Å²) in [6.07, 6.45) is 1.28. The number of aliphatic hydroxyl groups excluding tert-OH is 1. The van der Waals surface area contributed by atoms with E-state index in [9.17, 15) is 8.78 Å². The van der Waals surface area contributed by atoms with Crippen LogP contribution in [0.25, 0.3) is 0 Å². The molecule has 2 nitrogen and oxygen atoms in total. The zero-order valence-electron chi connectivity index (χ0n) is 6.59. The van der Waals surface area contributed by atoms with Gasteiger partial charge in [0.2, 0.25) is 0 Å². The Bertz CT molecular complexity index is 270. The highest BCUT2D eigenvalue weighted by Gasteiger charge is 2.28. The van der Waals surface area contributed by atoms with E-state index in [0.29, 0.717) is 0 Å². The fourth-order valence-electron chi connectivity index (χ4n) is 0.961. The van der Waals surface area contributed by atoms with Gasteiger partial charge < -0.3 is 5.11 Å². The average Bonchev–Trinajstić information content (AvgIpc) is 2.03. The molecule has 0 aliphatic carbocycles. The number of halogens is 2. The highest BCUT2D eigenvalue weighted by Crippen LogP contribution is 2.27. The molecule has 0 saturated carbocycles. The number of hydrogen-bond acceptors (Lipinski definition) is 2. The molecule has 66 valence electrons. The van der Waals surface area contributed by atoms with Crippen LogP contribution in [0.1, 0.15) is 18.2 Å². The molecule has 0 radical (unpaired) electrons. The van der Waals surface area contributed by atoms with E-state index in [0.717, 1.165) is 6.92 Å². The normalized spacial score (nSPS) is 11.7. The monoisotopic (exact) mass is 173 g/mol. The number of aliphatic hydroxyl groups is 1. The number of hydrogen-bond donors (Lipinski definition) is 1. The predicted molar refractivity (Wildman–Crippen MR) is 39.7 cm³/mol. The lowest BCUT2D eigenvalue weighted by molar-refractivity contribution is 0.0105. The van der Waals surface area contributed by atoms with Crippen LogP contribution in [0.2, 0.25) is 0 Å². The first-order chi connectivity index (χ1) is 5.55. The Balaban J connectivity index is 3.14. The van der Waals surface area contributed by atoms with Gasteiger partial charge in [-0.3, -0.25) is 4.98 Å². The van der Waals surface area contributed by atoms with Crippen molar-refractivity contribution in [2.45, 2.75) is 19.5 Å². The summed E-state index contributed by atoms with van der Waals surface area (Å²) in [4.78, 5) is 3.51. The van der Waals surface area contributed by atoms with Crippen LogP contribution in [-0.2, 0) is 12.5 Å². The minimum Gasteiger partial charge on any atom is -0.392 e. The summed E-state index contributed by atoms with van der Waals surface area (Å²) in [7, 11) is 0. The van der Waals surface area contributed by atoms with Crippen LogP contribution in [0.5, 0.6) is 0 Å². The van der Waals surface area contributed by atoms with Crippen LogP contribution < -0.4 is 0 Å². The number of rotatable bonds is 2. The topological polar surface area (TPSA) is 33.1 Å². The summed E-state index contributed by atoms with van der Waals surface area (Å²) in [5.74, 6) is -2.99. The maximum atomic E-state index is 12.7. The third kappa shape index (κ3) is 1.76. The highest BCUT2D eigenvalue weighted by molar-refractivity contribution is 5.22. The van der Waals surface area contributed by atoms with Crippen molar-refractivity contribution >= 4 is 0 Å². The van der Waals surface area contributed by atoms with E-state index in [1.165, 1.54) is 18.3 Å². The van der Waals surface area contributed by atoms with Crippen LogP contribution in [-0.4, -0.2) is 10.1 Å². The van der Waals surface area contributed by atoms with Crippen molar-refractivity contribution in [3.8, 4) is 0 Å². The molecule has 0 aliphatic rings. The number of alkyl halides is 2. The fraction of sp³-hybridized carbons (Fsp3) is 0.375. The second-order valence-corrected chi connectivity index (χ2v) is 2.56. The molecule has 0 aromatic carbocycles. The van der Waals surface area contributed by atoms with Crippen molar-refractivity contribution in [2.24, 2.45) is 0 Å². The van der Waals surface area contributed by atoms with Crippen molar-refractivity contribution in [2.75, 3.05) is 0 Å². The van der Waals surface area contributed by atoms with E-state index >= 15 is 0 Å². The van der Waals surface area contributed by atoms with Gasteiger partial charge in [-0.2, -0.15) is 8.78 Å². The number of pyridine rings is 1. The molecule has 1 rings (SSSR count). The Kier molecular flexibility index (Phi) is 2.38. The van der Waals surface area contributed by atoms with E-state index in [4.69, 9.17) is 5.11 Å². The second-order valence-electron chi connectivity index (χ2n) is 2.56. The summed E-state index contributed by atoms with van der Waals surface area (Å²) in [5, 5.41) is 8.71. The van der Waals surface area contributed by atoms with Gasteiger partial charge in [0.1, 0.15) is 5.69 Å². The molecule has 0 fully saturated rings. The lowest BCUT2D eigenvalue weighted by Crippen LogP contribution is -2.13. The molecule has 0 saturated heterocycles. The molecule has 0 unspecified atom stereocenters. The smallest absolute Gasteiger partial charge is 0.287 e. The molecule has 12 heavy (non-hydrogen) atoms. The zero-order chi connectivity index (χ0) is 9.19. The summed E-state index contributed by atoms with van der Waals surface area (Å²) in [6.45, 7) is 0.348. The Morgan fingerprint density at radius 3 is 2.67 bits per heavy atom. The van der Waals surface area contributed by atoms with Gasteiger partial charge in [0.05, 0.1) is 6.61 Å². The first-order valence-electron chi connectivity index (χ1n) is 3.48. The quantitative estimate of drug-likeness (QED) is 0.738. The summed E-state index contributed by atoms with van der Waals surface area (Å²) >= 11 is 0. The number of aromatic nitrogens is 1. The van der Waals surface area contributed by atoms with Crippen molar-refractivity contribution in [3.63, 3.8) is 0 Å². The molecule has 1 heterocycles. The van der Waals surface area contributed by atoms with Crippen molar-refractivity contribution in [3.05, 3.63) is 29.6 Å². The molecule has 1 N–H and O–H groups in total. The lowest BCUT2D eigenvalue weighted by atomic mass is 10.1. The van der Waals surface area contributed by atoms with Gasteiger partial charge in [-0.1, -0.05) is 6.07 Å². The molecule has 0 spiro atoms. The molecular weight excluding hydrogens is 164 g/mol. The van der Waals surface area contributed by atoms with E-state index in [1.54, 1.807) is 0 Å². The molecule has 1 aromatic heterocycles. The van der Waals surface area contributed by atoms with Crippen LogP contribution in [0.15, 0.2) is 18.3 Å². The van der Waals surface area contributed by atoms with Gasteiger partial charge in [-0.15, -0.1) is 0 Å². The van der Waals surface area contributed by atoms with Crippen LogP contribution in [0, 0.1) is 0 Å². The Hall–Kier alpha value is -1.03. The Labute approximate surface area is 68.9 Å². The predicted octanol–water partition coefficient (Wildman–Crippen LogP) is 1.69. The molecule has 1 aromatic rings. The van der Waals surface area contributed by atoms with Gasteiger partial charge in [0, 0.05) is 18.7 Å². The van der Waals surface area contributed by atoms with Gasteiger partial charge in [0.15, 0.2) is 0 Å². The largest absolute Gasteiger partial charge is 0.392 e. The lowest BCUT2D eigenvalue weighted by Gasteiger charge is -2.12. The van der Waals surface area contributed by atoms with E-state index < -0.39 is 12.5 Å². The van der Waals surface area contributed by atoms with Gasteiger partial charge in [-0.25, -0.2) is 0 Å². The van der Waals surface area contributed by atoms with Gasteiger partial charge in [-0.05, 0) is 6.07 Å². The molecule has 0 amide bonds. The second kappa shape index (κ2) is 3.15. The van der Waals surface area contributed by atoms with E-state index in [1.807, 2.05) is 0 Å². The van der Waals surface area contributed by atoms with Gasteiger partial charge >= 0.3 is 0 Å². The minimum atomic E-state index is -2.99. The average molecular weight is 173 g/mol. The Morgan fingerprint density at radius 2 is 2.25 bits per heavy atom. The Morgan fingerprint density at radius 1 is 1.58 bits per heavy atom. The molecule has 0 aliphatic heterocycles. The molecule has 0 atom stereocenters. The number of nitrogens with zero attached hydrogens (tertiary/aromatic N) is 1. The van der Waals surface area contributed by atoms with Crippen LogP contribution in [0.4, 0.5) is 8.78 Å². The first-order valence-corrected chi connectivity index (χ1v) is 3.48. The fourth-order valence-corrected chi connectivity index (χ4v) is 0.961. The molecule has 4 heteroatoms. The zero-order valence-corrected chi connectivity index (χ0v) is 6.59. The SMILES string of the molecule is CC(F)(F)c1ncccc1CO. The maximum absolute atomic E-state index is 12.7. The molecule has 0 bridgehead atoms. The highest BCUT2D eigenvalue weighted by atomic mass is 19.3. The summed E-state index contributed by atoms with van der Waals surface area (Å²) < 4.78 is 25.5. The van der Waals surface area contributed by atoms with Gasteiger partial charge in [0.25, 0.3) is 5.92 Å². The first kappa shape index (κ1) is 9.06. The van der Waals surface area contributed by atoms with Crippen molar-refractivity contribution in [1.82, 2.24) is 4.98 Å². The molecular formula is C8H9F2NO. The standard InChI is InChI=1S/C8H9F2NO/c1-8(9,10)7-6(5-12)3-2-4-11-7/h2-4,12H,5H2,1H3. The van der Waals surface area contributed by atoms with E-state index in [2.05, 4.69) is 4.98 Å². The summed E-state index contributed by atoms with van der Waals surface area (Å²) in [5.41, 5.74) is -0.183. The van der Waals surface area contributed by atoms with Crippen molar-refractivity contribution < 1.29 is 13.9 Å². The summed E-state index contributed by atoms with van der Waals surface area (Å²) in [6, 6.07) is 2.94. The minimum absolute atomic E-state index is 0.171. The third-order valence-electron chi connectivity index (χ3n) is 1.48. The van der Waals surface area contributed by atoms with Crippen LogP contribution >= 0.6 is 0 Å².